The van der Waals surface area contributed by atoms with E-state index in [9.17, 15) is 4.79 Å². The SMILES string of the molecule is COc1cc(OC)cc(C(=O)c2ccc3c(c2)CCN3)c1. The van der Waals surface area contributed by atoms with Gasteiger partial charge in [0.25, 0.3) is 0 Å². The molecule has 3 rings (SSSR count). The Labute approximate surface area is 123 Å². The number of hydrogen-bond donors (Lipinski definition) is 1. The summed E-state index contributed by atoms with van der Waals surface area (Å²) >= 11 is 0. The molecule has 1 heterocycles. The van der Waals surface area contributed by atoms with Crippen molar-refractivity contribution >= 4 is 11.5 Å². The standard InChI is InChI=1S/C17H17NO3/c1-20-14-8-13(9-15(10-14)21-2)17(19)12-3-4-16-11(7-12)5-6-18-16/h3-4,7-10,18H,5-6H2,1-2H3. The second-order valence-corrected chi connectivity index (χ2v) is 4.98. The molecule has 0 atom stereocenters. The minimum atomic E-state index is -0.0260. The van der Waals surface area contributed by atoms with E-state index in [2.05, 4.69) is 5.32 Å². The van der Waals surface area contributed by atoms with Crippen molar-refractivity contribution in [3.63, 3.8) is 0 Å². The molecule has 0 saturated heterocycles. The van der Waals surface area contributed by atoms with Crippen molar-refractivity contribution in [2.24, 2.45) is 0 Å². The van der Waals surface area contributed by atoms with Crippen molar-refractivity contribution in [3.05, 3.63) is 53.1 Å². The van der Waals surface area contributed by atoms with Crippen LogP contribution >= 0.6 is 0 Å². The van der Waals surface area contributed by atoms with Gasteiger partial charge in [-0.25, -0.2) is 0 Å². The molecule has 0 unspecified atom stereocenters. The van der Waals surface area contributed by atoms with E-state index in [1.165, 1.54) is 5.56 Å². The van der Waals surface area contributed by atoms with Crippen LogP contribution in [0.15, 0.2) is 36.4 Å². The van der Waals surface area contributed by atoms with Gasteiger partial charge in [-0.05, 0) is 42.3 Å². The smallest absolute Gasteiger partial charge is 0.193 e. The summed E-state index contributed by atoms with van der Waals surface area (Å²) in [5, 5.41) is 3.29. The zero-order chi connectivity index (χ0) is 14.8. The minimum Gasteiger partial charge on any atom is -0.497 e. The van der Waals surface area contributed by atoms with Gasteiger partial charge >= 0.3 is 0 Å². The Balaban J connectivity index is 1.98. The molecular formula is C17H17NO3. The molecule has 2 aromatic rings. The van der Waals surface area contributed by atoms with Gasteiger partial charge in [0.2, 0.25) is 0 Å². The van der Waals surface area contributed by atoms with Gasteiger partial charge in [0, 0.05) is 29.4 Å². The molecular weight excluding hydrogens is 266 g/mol. The van der Waals surface area contributed by atoms with E-state index in [0.717, 1.165) is 18.7 Å². The van der Waals surface area contributed by atoms with E-state index in [1.807, 2.05) is 18.2 Å². The largest absolute Gasteiger partial charge is 0.497 e. The summed E-state index contributed by atoms with van der Waals surface area (Å²) in [6, 6.07) is 11.0. The fraction of sp³-hybridized carbons (Fsp3) is 0.235. The summed E-state index contributed by atoms with van der Waals surface area (Å²) in [6.07, 6.45) is 0.956. The Bertz CT molecular complexity index is 672. The summed E-state index contributed by atoms with van der Waals surface area (Å²) in [4.78, 5) is 12.7. The highest BCUT2D eigenvalue weighted by molar-refractivity contribution is 6.09. The van der Waals surface area contributed by atoms with E-state index in [1.54, 1.807) is 32.4 Å². The van der Waals surface area contributed by atoms with Gasteiger partial charge in [0.05, 0.1) is 14.2 Å². The number of rotatable bonds is 4. The summed E-state index contributed by atoms with van der Waals surface area (Å²) in [6.45, 7) is 0.931. The van der Waals surface area contributed by atoms with Crippen LogP contribution in [0.1, 0.15) is 21.5 Å². The van der Waals surface area contributed by atoms with Crippen LogP contribution in [-0.2, 0) is 6.42 Å². The summed E-state index contributed by atoms with van der Waals surface area (Å²) in [5.41, 5.74) is 3.57. The monoisotopic (exact) mass is 283 g/mol. The lowest BCUT2D eigenvalue weighted by Gasteiger charge is -2.09. The average Bonchev–Trinajstić information content (AvgIpc) is 3.01. The van der Waals surface area contributed by atoms with Gasteiger partial charge in [-0.3, -0.25) is 4.79 Å². The second kappa shape index (κ2) is 5.48. The third kappa shape index (κ3) is 2.57. The predicted octanol–water partition coefficient (Wildman–Crippen LogP) is 2.90. The van der Waals surface area contributed by atoms with Crippen LogP contribution in [-0.4, -0.2) is 26.5 Å². The third-order valence-corrected chi connectivity index (χ3v) is 3.69. The maximum atomic E-state index is 12.7. The molecule has 0 aliphatic carbocycles. The first kappa shape index (κ1) is 13.5. The van der Waals surface area contributed by atoms with Crippen LogP contribution in [0.25, 0.3) is 0 Å². The van der Waals surface area contributed by atoms with E-state index in [4.69, 9.17) is 9.47 Å². The zero-order valence-corrected chi connectivity index (χ0v) is 12.1. The van der Waals surface area contributed by atoms with Crippen molar-refractivity contribution < 1.29 is 14.3 Å². The fourth-order valence-electron chi connectivity index (χ4n) is 2.55. The van der Waals surface area contributed by atoms with Crippen LogP contribution in [0.5, 0.6) is 11.5 Å². The molecule has 0 spiro atoms. The molecule has 0 saturated carbocycles. The number of fused-ring (bicyclic) bond motifs is 1. The topological polar surface area (TPSA) is 47.6 Å². The Kier molecular flexibility index (Phi) is 3.52. The lowest BCUT2D eigenvalue weighted by atomic mass is 10.00. The van der Waals surface area contributed by atoms with Crippen molar-refractivity contribution in [1.29, 1.82) is 0 Å². The van der Waals surface area contributed by atoms with Crippen LogP contribution in [0.3, 0.4) is 0 Å². The van der Waals surface area contributed by atoms with Gasteiger partial charge in [0.15, 0.2) is 5.78 Å². The van der Waals surface area contributed by atoms with E-state index >= 15 is 0 Å². The lowest BCUT2D eigenvalue weighted by Crippen LogP contribution is -2.03. The van der Waals surface area contributed by atoms with Crippen molar-refractivity contribution in [2.45, 2.75) is 6.42 Å². The predicted molar refractivity (Wildman–Crippen MR) is 81.6 cm³/mol. The molecule has 0 fully saturated rings. The van der Waals surface area contributed by atoms with Gasteiger partial charge in [-0.15, -0.1) is 0 Å². The molecule has 4 nitrogen and oxygen atoms in total. The summed E-state index contributed by atoms with van der Waals surface area (Å²) in [5.74, 6) is 1.20. The highest BCUT2D eigenvalue weighted by atomic mass is 16.5. The average molecular weight is 283 g/mol. The molecule has 0 bridgehead atoms. The molecule has 108 valence electrons. The zero-order valence-electron chi connectivity index (χ0n) is 12.1. The Morgan fingerprint density at radius 1 is 1.00 bits per heavy atom. The van der Waals surface area contributed by atoms with E-state index in [0.29, 0.717) is 22.6 Å². The Hall–Kier alpha value is -2.49. The number of nitrogens with one attached hydrogen (secondary N) is 1. The molecule has 2 aromatic carbocycles. The first-order valence-corrected chi connectivity index (χ1v) is 6.86. The van der Waals surface area contributed by atoms with E-state index < -0.39 is 0 Å². The Morgan fingerprint density at radius 2 is 1.71 bits per heavy atom. The van der Waals surface area contributed by atoms with Gasteiger partial charge < -0.3 is 14.8 Å². The second-order valence-electron chi connectivity index (χ2n) is 4.98. The lowest BCUT2D eigenvalue weighted by molar-refractivity contribution is 0.103. The maximum Gasteiger partial charge on any atom is 0.193 e. The maximum absolute atomic E-state index is 12.7. The van der Waals surface area contributed by atoms with Crippen LogP contribution < -0.4 is 14.8 Å². The van der Waals surface area contributed by atoms with Crippen molar-refractivity contribution in [2.75, 3.05) is 26.1 Å². The number of carbonyl (C=O) groups excluding carboxylic acids is 1. The number of anilines is 1. The fourth-order valence-corrected chi connectivity index (χ4v) is 2.55. The highest BCUT2D eigenvalue weighted by Gasteiger charge is 2.16. The summed E-state index contributed by atoms with van der Waals surface area (Å²) in [7, 11) is 3.15. The quantitative estimate of drug-likeness (QED) is 0.876. The molecule has 0 aromatic heterocycles. The number of ether oxygens (including phenoxy) is 2. The molecule has 0 radical (unpaired) electrons. The number of hydrogen-bond acceptors (Lipinski definition) is 4. The van der Waals surface area contributed by atoms with Crippen molar-refractivity contribution in [3.8, 4) is 11.5 Å². The first-order valence-electron chi connectivity index (χ1n) is 6.86. The minimum absolute atomic E-state index is 0.0260. The molecule has 1 aliphatic heterocycles. The molecule has 0 amide bonds. The van der Waals surface area contributed by atoms with Gasteiger partial charge in [-0.2, -0.15) is 0 Å². The third-order valence-electron chi connectivity index (χ3n) is 3.69. The number of carbonyl (C=O) groups is 1. The van der Waals surface area contributed by atoms with Crippen LogP contribution in [0.2, 0.25) is 0 Å². The Morgan fingerprint density at radius 3 is 2.38 bits per heavy atom. The number of methoxy groups -OCH3 is 2. The molecule has 1 aliphatic rings. The van der Waals surface area contributed by atoms with E-state index in [-0.39, 0.29) is 5.78 Å². The van der Waals surface area contributed by atoms with Crippen molar-refractivity contribution in [1.82, 2.24) is 0 Å². The van der Waals surface area contributed by atoms with Crippen LogP contribution in [0, 0.1) is 0 Å². The molecule has 4 heteroatoms. The molecule has 1 N–H and O–H groups in total. The summed E-state index contributed by atoms with van der Waals surface area (Å²) < 4.78 is 10.4. The van der Waals surface area contributed by atoms with Gasteiger partial charge in [-0.1, -0.05) is 0 Å². The first-order chi connectivity index (χ1) is 10.2. The number of benzene rings is 2. The number of ketones is 1. The molecule has 21 heavy (non-hydrogen) atoms. The van der Waals surface area contributed by atoms with Crippen LogP contribution in [0.4, 0.5) is 5.69 Å². The normalized spacial score (nSPS) is 12.5. The van der Waals surface area contributed by atoms with Gasteiger partial charge in [0.1, 0.15) is 11.5 Å². The highest BCUT2D eigenvalue weighted by Crippen LogP contribution is 2.27.